The third kappa shape index (κ3) is 15.6. The van der Waals surface area contributed by atoms with Gasteiger partial charge in [0, 0.05) is 27.2 Å². The molecule has 0 aliphatic rings. The summed E-state index contributed by atoms with van der Waals surface area (Å²) in [7, 11) is 3.31. The zero-order valence-electron chi connectivity index (χ0n) is 13.7. The number of guanidine groups is 1. The first-order valence-electron chi connectivity index (χ1n) is 7.30. The number of halogens is 1. The van der Waals surface area contributed by atoms with E-state index in [2.05, 4.69) is 34.8 Å². The molecule has 3 N–H and O–H groups in total. The van der Waals surface area contributed by atoms with Gasteiger partial charge in [-0.1, -0.05) is 26.7 Å². The Morgan fingerprint density at radius 2 is 1.86 bits per heavy atom. The van der Waals surface area contributed by atoms with Crippen molar-refractivity contribution in [1.82, 2.24) is 16.0 Å². The van der Waals surface area contributed by atoms with Crippen molar-refractivity contribution in [1.29, 1.82) is 0 Å². The largest absolute Gasteiger partial charge is 0.383 e. The number of hydrogen-bond donors (Lipinski definition) is 3. The molecule has 0 saturated heterocycles. The minimum absolute atomic E-state index is 0. The van der Waals surface area contributed by atoms with Crippen molar-refractivity contribution in [3.05, 3.63) is 0 Å². The Balaban J connectivity index is 0. The van der Waals surface area contributed by atoms with Crippen LogP contribution in [0.15, 0.2) is 4.99 Å². The highest BCUT2D eigenvalue weighted by Gasteiger charge is 2.02. The molecule has 0 aromatic carbocycles. The van der Waals surface area contributed by atoms with Crippen molar-refractivity contribution >= 4 is 35.8 Å². The number of ether oxygens (including phenoxy) is 1. The van der Waals surface area contributed by atoms with Gasteiger partial charge in [0.2, 0.25) is 5.91 Å². The van der Waals surface area contributed by atoms with Crippen molar-refractivity contribution in [2.24, 2.45) is 10.9 Å². The molecule has 126 valence electrons. The van der Waals surface area contributed by atoms with Crippen molar-refractivity contribution < 1.29 is 9.53 Å². The quantitative estimate of drug-likeness (QED) is 0.219. The Morgan fingerprint density at radius 3 is 2.43 bits per heavy atom. The maximum absolute atomic E-state index is 11.5. The average molecular weight is 414 g/mol. The highest BCUT2D eigenvalue weighted by atomic mass is 127. The lowest BCUT2D eigenvalue weighted by Gasteiger charge is -2.12. The lowest BCUT2D eigenvalue weighted by atomic mass is 10.1. The number of carbonyl (C=O) groups excluding carboxylic acids is 1. The van der Waals surface area contributed by atoms with Crippen molar-refractivity contribution in [2.75, 3.05) is 40.4 Å². The van der Waals surface area contributed by atoms with Crippen LogP contribution in [0.5, 0.6) is 0 Å². The third-order valence-corrected chi connectivity index (χ3v) is 2.77. The maximum Gasteiger partial charge on any atom is 0.239 e. The first-order valence-corrected chi connectivity index (χ1v) is 7.30. The molecule has 6 nitrogen and oxygen atoms in total. The van der Waals surface area contributed by atoms with Crippen LogP contribution in [0.1, 0.15) is 33.1 Å². The summed E-state index contributed by atoms with van der Waals surface area (Å²) in [4.78, 5) is 15.6. The Bertz CT molecular complexity index is 286. The molecular formula is C14H31IN4O2. The smallest absolute Gasteiger partial charge is 0.239 e. The van der Waals surface area contributed by atoms with E-state index >= 15 is 0 Å². The van der Waals surface area contributed by atoms with Crippen molar-refractivity contribution in [3.63, 3.8) is 0 Å². The van der Waals surface area contributed by atoms with E-state index in [0.29, 0.717) is 19.1 Å². The zero-order chi connectivity index (χ0) is 15.2. The minimum atomic E-state index is -0.0650. The molecule has 0 saturated carbocycles. The summed E-state index contributed by atoms with van der Waals surface area (Å²) in [6.45, 7) is 6.60. The Morgan fingerprint density at radius 1 is 1.14 bits per heavy atom. The first-order chi connectivity index (χ1) is 9.60. The molecule has 0 atom stereocenters. The molecule has 0 aromatic rings. The summed E-state index contributed by atoms with van der Waals surface area (Å²) in [5.74, 6) is 1.35. The Kier molecular flexibility index (Phi) is 17.1. The maximum atomic E-state index is 11.5. The van der Waals surface area contributed by atoms with Gasteiger partial charge in [-0.05, 0) is 12.3 Å². The van der Waals surface area contributed by atoms with Crippen LogP contribution in [-0.4, -0.2) is 52.3 Å². The number of carbonyl (C=O) groups is 1. The third-order valence-electron chi connectivity index (χ3n) is 2.77. The number of amides is 1. The van der Waals surface area contributed by atoms with Gasteiger partial charge in [-0.2, -0.15) is 0 Å². The van der Waals surface area contributed by atoms with Gasteiger partial charge in [-0.3, -0.25) is 9.79 Å². The number of nitrogens with one attached hydrogen (secondary N) is 3. The van der Waals surface area contributed by atoms with Gasteiger partial charge in [0.25, 0.3) is 0 Å². The molecular weight excluding hydrogens is 383 g/mol. The summed E-state index contributed by atoms with van der Waals surface area (Å²) in [5, 5.41) is 8.92. The van der Waals surface area contributed by atoms with E-state index in [1.807, 2.05) is 0 Å². The van der Waals surface area contributed by atoms with E-state index in [1.54, 1.807) is 14.2 Å². The molecule has 0 aliphatic heterocycles. The summed E-state index contributed by atoms with van der Waals surface area (Å²) in [5.41, 5.74) is 0. The van der Waals surface area contributed by atoms with Gasteiger partial charge in [-0.25, -0.2) is 0 Å². The van der Waals surface area contributed by atoms with Gasteiger partial charge in [0.15, 0.2) is 5.96 Å². The fourth-order valence-corrected chi connectivity index (χ4v) is 1.62. The zero-order valence-corrected chi connectivity index (χ0v) is 16.0. The van der Waals surface area contributed by atoms with Crippen LogP contribution in [-0.2, 0) is 9.53 Å². The second-order valence-electron chi connectivity index (χ2n) is 5.08. The number of methoxy groups -OCH3 is 1. The highest BCUT2D eigenvalue weighted by Crippen LogP contribution is 2.04. The van der Waals surface area contributed by atoms with Crippen LogP contribution >= 0.6 is 24.0 Å². The lowest BCUT2D eigenvalue weighted by molar-refractivity contribution is -0.120. The van der Waals surface area contributed by atoms with Crippen molar-refractivity contribution in [3.8, 4) is 0 Å². The fourth-order valence-electron chi connectivity index (χ4n) is 1.62. The molecule has 0 fully saturated rings. The second kappa shape index (κ2) is 15.8. The molecule has 21 heavy (non-hydrogen) atoms. The Labute approximate surface area is 145 Å². The normalized spacial score (nSPS) is 11.0. The number of aliphatic imine (C=N–C) groups is 1. The fraction of sp³-hybridized carbons (Fsp3) is 0.857. The molecule has 0 aliphatic carbocycles. The van der Waals surface area contributed by atoms with E-state index in [-0.39, 0.29) is 36.4 Å². The number of hydrogen-bond acceptors (Lipinski definition) is 3. The number of rotatable bonds is 10. The van der Waals surface area contributed by atoms with E-state index in [9.17, 15) is 4.79 Å². The van der Waals surface area contributed by atoms with Gasteiger partial charge in [0.05, 0.1) is 13.2 Å². The van der Waals surface area contributed by atoms with E-state index in [0.717, 1.165) is 18.9 Å². The molecule has 0 unspecified atom stereocenters. The molecule has 1 amide bonds. The highest BCUT2D eigenvalue weighted by molar-refractivity contribution is 14.0. The van der Waals surface area contributed by atoms with Gasteiger partial charge in [-0.15, -0.1) is 24.0 Å². The summed E-state index contributed by atoms with van der Waals surface area (Å²) in [6, 6.07) is 0. The van der Waals surface area contributed by atoms with E-state index in [1.165, 1.54) is 12.8 Å². The van der Waals surface area contributed by atoms with Gasteiger partial charge in [0.1, 0.15) is 0 Å². The van der Waals surface area contributed by atoms with Crippen LogP contribution in [0, 0.1) is 5.92 Å². The predicted octanol–water partition coefficient (Wildman–Crippen LogP) is 1.36. The van der Waals surface area contributed by atoms with Gasteiger partial charge < -0.3 is 20.7 Å². The Hall–Kier alpha value is -0.570. The number of nitrogens with zero attached hydrogens (tertiary/aromatic N) is 1. The number of unbranched alkanes of at least 4 members (excludes halogenated alkanes) is 1. The summed E-state index contributed by atoms with van der Waals surface area (Å²) >= 11 is 0. The molecule has 0 aromatic heterocycles. The average Bonchev–Trinajstić information content (AvgIpc) is 2.41. The SMILES string of the molecule is CN=C(NCCCCC(C)C)NCC(=O)NCCOC.I. The van der Waals surface area contributed by atoms with Crippen LogP contribution < -0.4 is 16.0 Å². The summed E-state index contributed by atoms with van der Waals surface area (Å²) in [6.07, 6.45) is 3.56. The van der Waals surface area contributed by atoms with Crippen LogP contribution in [0.3, 0.4) is 0 Å². The van der Waals surface area contributed by atoms with E-state index in [4.69, 9.17) is 4.74 Å². The van der Waals surface area contributed by atoms with Crippen molar-refractivity contribution in [2.45, 2.75) is 33.1 Å². The van der Waals surface area contributed by atoms with Crippen LogP contribution in [0.25, 0.3) is 0 Å². The van der Waals surface area contributed by atoms with Crippen LogP contribution in [0.2, 0.25) is 0 Å². The molecule has 0 heterocycles. The molecule has 7 heteroatoms. The monoisotopic (exact) mass is 414 g/mol. The van der Waals surface area contributed by atoms with Crippen LogP contribution in [0.4, 0.5) is 0 Å². The predicted molar refractivity (Wildman–Crippen MR) is 98.4 cm³/mol. The van der Waals surface area contributed by atoms with E-state index < -0.39 is 0 Å². The molecule has 0 radical (unpaired) electrons. The molecule has 0 rings (SSSR count). The standard InChI is InChI=1S/C14H30N4O2.HI/c1-12(2)7-5-6-8-17-14(15-3)18-11-13(19)16-9-10-20-4;/h12H,5-11H2,1-4H3,(H,16,19)(H2,15,17,18);1H. The topological polar surface area (TPSA) is 74.8 Å². The minimum Gasteiger partial charge on any atom is -0.383 e. The second-order valence-corrected chi connectivity index (χ2v) is 5.08. The molecule has 0 spiro atoms. The van der Waals surface area contributed by atoms with Gasteiger partial charge >= 0.3 is 0 Å². The first kappa shape index (κ1) is 22.7. The molecule has 0 bridgehead atoms. The summed E-state index contributed by atoms with van der Waals surface area (Å²) < 4.78 is 4.86. The lowest BCUT2D eigenvalue weighted by Crippen LogP contribution is -2.43.